The van der Waals surface area contributed by atoms with Gasteiger partial charge in [-0.05, 0) is 111 Å². The quantitative estimate of drug-likeness (QED) is 0.0506. The molecule has 0 aliphatic carbocycles. The minimum absolute atomic E-state index is 1.19. The molecule has 0 aromatic rings. The Morgan fingerprint density at radius 1 is 0.289 bits per heavy atom. The third-order valence-electron chi connectivity index (χ3n) is 9.25. The van der Waals surface area contributed by atoms with E-state index in [9.17, 15) is 0 Å². The molecule has 0 N–H and O–H groups in total. The van der Waals surface area contributed by atoms with Crippen LogP contribution >= 0.6 is 0 Å². The van der Waals surface area contributed by atoms with Crippen LogP contribution in [0.4, 0.5) is 0 Å². The summed E-state index contributed by atoms with van der Waals surface area (Å²) in [7, 11) is 4.47. The minimum Gasteiger partial charge on any atom is -0.307 e. The first-order valence-electron chi connectivity index (χ1n) is 20.8. The summed E-state index contributed by atoms with van der Waals surface area (Å²) in [5.41, 5.74) is 0. The molecular formula is C43H88N2. The number of allylic oxidation sites excluding steroid dienone is 4. The standard InChI is InChI=1S/C22H45N.C21H43N/c1-4-6-7-8-9-10-11-12-13-14-15-16-17-18-19-20-22-23(3)21-5-2;1-4-6-7-8-9-10-11-12-13-14-15-16-17-18-19-20-21-22(3)5-2/h12-13H,4-11,14-22H2,1-3H3;12-13H,4-11,14-21H2,1-3H3/b2*13-12-. The Balaban J connectivity index is 0. The van der Waals surface area contributed by atoms with E-state index in [-0.39, 0.29) is 0 Å². The predicted octanol–water partition coefficient (Wildman–Crippen LogP) is 14.3. The van der Waals surface area contributed by atoms with Crippen molar-refractivity contribution in [1.29, 1.82) is 0 Å². The highest BCUT2D eigenvalue weighted by molar-refractivity contribution is 4.82. The fourth-order valence-electron chi connectivity index (χ4n) is 5.91. The number of nitrogens with zero attached hydrogens (tertiary/aromatic N) is 2. The number of rotatable bonds is 35. The molecule has 2 heteroatoms. The lowest BCUT2D eigenvalue weighted by molar-refractivity contribution is 0.324. The summed E-state index contributed by atoms with van der Waals surface area (Å²) < 4.78 is 0. The molecule has 0 radical (unpaired) electrons. The van der Waals surface area contributed by atoms with E-state index in [0.29, 0.717) is 0 Å². The van der Waals surface area contributed by atoms with Crippen LogP contribution in [0.3, 0.4) is 0 Å². The second kappa shape index (κ2) is 43.4. The summed E-state index contributed by atoms with van der Waals surface area (Å²) in [5.74, 6) is 0. The van der Waals surface area contributed by atoms with Gasteiger partial charge in [-0.15, -0.1) is 0 Å². The van der Waals surface area contributed by atoms with Crippen molar-refractivity contribution in [3.8, 4) is 0 Å². The zero-order chi connectivity index (χ0) is 33.3. The normalized spacial score (nSPS) is 11.8. The number of hydrogen-bond acceptors (Lipinski definition) is 2. The lowest BCUT2D eigenvalue weighted by atomic mass is 10.1. The predicted molar refractivity (Wildman–Crippen MR) is 210 cm³/mol. The zero-order valence-electron chi connectivity index (χ0n) is 32.5. The molecule has 0 fully saturated rings. The second-order valence-corrected chi connectivity index (χ2v) is 14.1. The number of hydrogen-bond donors (Lipinski definition) is 0. The third-order valence-corrected chi connectivity index (χ3v) is 9.25. The minimum atomic E-state index is 1.19. The van der Waals surface area contributed by atoms with E-state index in [2.05, 4.69) is 75.9 Å². The zero-order valence-corrected chi connectivity index (χ0v) is 32.5. The largest absolute Gasteiger partial charge is 0.307 e. The van der Waals surface area contributed by atoms with E-state index in [0.717, 1.165) is 0 Å². The maximum Gasteiger partial charge on any atom is -0.00218 e. The summed E-state index contributed by atoms with van der Waals surface area (Å²) >= 11 is 0. The third kappa shape index (κ3) is 45.6. The van der Waals surface area contributed by atoms with Crippen molar-refractivity contribution < 1.29 is 0 Å². The van der Waals surface area contributed by atoms with Crippen LogP contribution < -0.4 is 0 Å². The van der Waals surface area contributed by atoms with Crippen molar-refractivity contribution in [2.24, 2.45) is 0 Å². The average Bonchev–Trinajstić information content (AvgIpc) is 3.04. The smallest absolute Gasteiger partial charge is 0.00218 e. The summed E-state index contributed by atoms with van der Waals surface area (Å²) in [6.07, 6.45) is 50.1. The molecule has 0 rings (SSSR count). The van der Waals surface area contributed by atoms with E-state index in [4.69, 9.17) is 0 Å². The van der Waals surface area contributed by atoms with Gasteiger partial charge in [0.15, 0.2) is 0 Å². The lowest BCUT2D eigenvalue weighted by Crippen LogP contribution is -2.20. The summed E-state index contributed by atoms with van der Waals surface area (Å²) in [4.78, 5) is 4.88. The molecule has 0 heterocycles. The van der Waals surface area contributed by atoms with E-state index >= 15 is 0 Å². The van der Waals surface area contributed by atoms with Crippen molar-refractivity contribution in [2.75, 3.05) is 40.3 Å². The highest BCUT2D eigenvalue weighted by Crippen LogP contribution is 2.12. The van der Waals surface area contributed by atoms with Crippen LogP contribution in [0.25, 0.3) is 0 Å². The topological polar surface area (TPSA) is 6.48 Å². The van der Waals surface area contributed by atoms with Crippen molar-refractivity contribution in [3.63, 3.8) is 0 Å². The molecular weight excluding hydrogens is 544 g/mol. The molecule has 45 heavy (non-hydrogen) atoms. The highest BCUT2D eigenvalue weighted by atomic mass is 15.1. The monoisotopic (exact) mass is 633 g/mol. The molecule has 0 saturated heterocycles. The van der Waals surface area contributed by atoms with Crippen molar-refractivity contribution >= 4 is 0 Å². The first-order valence-corrected chi connectivity index (χ1v) is 20.8. The van der Waals surface area contributed by atoms with Gasteiger partial charge in [-0.25, -0.2) is 0 Å². The molecule has 0 aliphatic heterocycles. The fraction of sp³-hybridized carbons (Fsp3) is 0.907. The summed E-state index contributed by atoms with van der Waals surface area (Å²) in [5, 5.41) is 0. The van der Waals surface area contributed by atoms with Gasteiger partial charge in [0.2, 0.25) is 0 Å². The van der Waals surface area contributed by atoms with Crippen LogP contribution in [0.15, 0.2) is 24.3 Å². The van der Waals surface area contributed by atoms with Gasteiger partial charge >= 0.3 is 0 Å². The number of unbranched alkanes of at least 4 members (excludes halogenated alkanes) is 24. The van der Waals surface area contributed by atoms with E-state index in [1.54, 1.807) is 0 Å². The van der Waals surface area contributed by atoms with E-state index in [1.807, 2.05) is 0 Å². The molecule has 0 atom stereocenters. The van der Waals surface area contributed by atoms with Crippen LogP contribution in [0.2, 0.25) is 0 Å². The Labute approximate surface area is 287 Å². The maximum atomic E-state index is 2.47. The molecule has 0 amide bonds. The molecule has 270 valence electrons. The van der Waals surface area contributed by atoms with Crippen molar-refractivity contribution in [1.82, 2.24) is 9.80 Å². The van der Waals surface area contributed by atoms with E-state index in [1.165, 1.54) is 212 Å². The van der Waals surface area contributed by atoms with Gasteiger partial charge in [0.1, 0.15) is 0 Å². The van der Waals surface area contributed by atoms with Gasteiger partial charge in [-0.2, -0.15) is 0 Å². The molecule has 0 bridgehead atoms. The van der Waals surface area contributed by atoms with Gasteiger partial charge < -0.3 is 9.80 Å². The molecule has 0 saturated carbocycles. The molecule has 0 spiro atoms. The first-order chi connectivity index (χ1) is 22.1. The molecule has 0 unspecified atom stereocenters. The van der Waals surface area contributed by atoms with Gasteiger partial charge in [-0.3, -0.25) is 0 Å². The molecule has 0 aromatic heterocycles. The van der Waals surface area contributed by atoms with Crippen molar-refractivity contribution in [2.45, 2.75) is 214 Å². The van der Waals surface area contributed by atoms with Crippen LogP contribution in [0.1, 0.15) is 214 Å². The molecule has 0 aliphatic rings. The Kier molecular flexibility index (Phi) is 44.9. The van der Waals surface area contributed by atoms with Gasteiger partial charge in [0.25, 0.3) is 0 Å². The maximum absolute atomic E-state index is 2.47. The second-order valence-electron chi connectivity index (χ2n) is 14.1. The Hall–Kier alpha value is -0.600. The molecule has 2 nitrogen and oxygen atoms in total. The van der Waals surface area contributed by atoms with Gasteiger partial charge in [0.05, 0.1) is 0 Å². The Morgan fingerprint density at radius 2 is 0.578 bits per heavy atom. The highest BCUT2D eigenvalue weighted by Gasteiger charge is 1.97. The van der Waals surface area contributed by atoms with Crippen LogP contribution in [-0.4, -0.2) is 50.1 Å². The SMILES string of the molecule is CCCCCCCC/C=C\CCCCCCCCN(C)CC.CCCCCCCC/C=C\CCCCCCCCN(C)CCC. The van der Waals surface area contributed by atoms with Crippen LogP contribution in [0, 0.1) is 0 Å². The fourth-order valence-corrected chi connectivity index (χ4v) is 5.91. The summed E-state index contributed by atoms with van der Waals surface area (Å²) in [6, 6.07) is 0. The van der Waals surface area contributed by atoms with Crippen LogP contribution in [-0.2, 0) is 0 Å². The van der Waals surface area contributed by atoms with E-state index < -0.39 is 0 Å². The average molecular weight is 633 g/mol. The molecule has 0 aromatic carbocycles. The van der Waals surface area contributed by atoms with Crippen molar-refractivity contribution in [3.05, 3.63) is 24.3 Å². The lowest BCUT2D eigenvalue weighted by Gasteiger charge is -2.14. The van der Waals surface area contributed by atoms with Gasteiger partial charge in [0, 0.05) is 0 Å². The summed E-state index contributed by atoms with van der Waals surface area (Å²) in [6.45, 7) is 14.1. The first kappa shape index (κ1) is 46.5. The Morgan fingerprint density at radius 3 is 0.889 bits per heavy atom. The van der Waals surface area contributed by atoms with Gasteiger partial charge in [-0.1, -0.05) is 168 Å². The Bertz CT molecular complexity index is 554. The van der Waals surface area contributed by atoms with Crippen LogP contribution in [0.5, 0.6) is 0 Å².